The SMILES string of the molecule is CCC1(CC)c2ccccc2-c2cc3ccccc3c[n+]2C12c1cc3c(cc1-c1ccc4ccccc4[n+]12)C(C)(C)c1cc(C)ccc1-3. The van der Waals surface area contributed by atoms with Crippen molar-refractivity contribution >= 4 is 21.7 Å². The number of hydrogen-bond acceptors (Lipinski definition) is 0. The van der Waals surface area contributed by atoms with Crippen LogP contribution in [0, 0.1) is 6.92 Å². The van der Waals surface area contributed by atoms with Crippen molar-refractivity contribution in [2.75, 3.05) is 0 Å². The molecular formula is C46H40N2+2. The monoisotopic (exact) mass is 620 g/mol. The van der Waals surface area contributed by atoms with Gasteiger partial charge in [0, 0.05) is 34.4 Å². The molecule has 10 rings (SSSR count). The van der Waals surface area contributed by atoms with Gasteiger partial charge in [-0.15, -0.1) is 9.13 Å². The number of aromatic nitrogens is 2. The Labute approximate surface area is 283 Å². The number of hydrogen-bond donors (Lipinski definition) is 0. The molecule has 5 aromatic carbocycles. The minimum Gasteiger partial charge on any atom is -0.128 e. The molecule has 0 saturated heterocycles. The van der Waals surface area contributed by atoms with Gasteiger partial charge < -0.3 is 0 Å². The summed E-state index contributed by atoms with van der Waals surface area (Å²) in [6, 6.07) is 46.7. The summed E-state index contributed by atoms with van der Waals surface area (Å²) in [7, 11) is 0. The molecule has 1 aliphatic carbocycles. The molecule has 2 nitrogen and oxygen atoms in total. The Morgan fingerprint density at radius 1 is 0.521 bits per heavy atom. The molecule has 1 atom stereocenters. The zero-order chi connectivity index (χ0) is 32.6. The van der Waals surface area contributed by atoms with Crippen LogP contribution in [0.2, 0.25) is 0 Å². The van der Waals surface area contributed by atoms with E-state index in [0.717, 1.165) is 12.8 Å². The Hall–Kier alpha value is -5.08. The molecular weight excluding hydrogens is 581 g/mol. The van der Waals surface area contributed by atoms with Crippen LogP contribution in [-0.4, -0.2) is 0 Å². The second kappa shape index (κ2) is 9.29. The lowest BCUT2D eigenvalue weighted by molar-refractivity contribution is -0.972. The summed E-state index contributed by atoms with van der Waals surface area (Å²) in [4.78, 5) is 0. The predicted molar refractivity (Wildman–Crippen MR) is 196 cm³/mol. The molecule has 0 radical (unpaired) electrons. The fourth-order valence-corrected chi connectivity index (χ4v) is 10.3. The number of fused-ring (bicyclic) bond motifs is 15. The molecule has 48 heavy (non-hydrogen) atoms. The third-order valence-electron chi connectivity index (χ3n) is 12.5. The second-order valence-corrected chi connectivity index (χ2v) is 14.9. The molecule has 0 fully saturated rings. The molecule has 3 aliphatic rings. The largest absolute Gasteiger partial charge is 0.399 e. The maximum Gasteiger partial charge on any atom is 0.399 e. The molecule has 0 amide bonds. The van der Waals surface area contributed by atoms with E-state index in [9.17, 15) is 0 Å². The van der Waals surface area contributed by atoms with Crippen LogP contribution in [0.15, 0.2) is 128 Å². The van der Waals surface area contributed by atoms with Crippen LogP contribution >= 0.6 is 0 Å². The predicted octanol–water partition coefficient (Wildman–Crippen LogP) is 10.2. The molecule has 2 heteroatoms. The van der Waals surface area contributed by atoms with Gasteiger partial charge in [-0.05, 0) is 89.4 Å². The lowest BCUT2D eigenvalue weighted by Crippen LogP contribution is -2.82. The summed E-state index contributed by atoms with van der Waals surface area (Å²) in [6.07, 6.45) is 4.46. The van der Waals surface area contributed by atoms with Gasteiger partial charge in [0.15, 0.2) is 6.20 Å². The van der Waals surface area contributed by atoms with E-state index in [2.05, 4.69) is 171 Å². The van der Waals surface area contributed by atoms with Crippen molar-refractivity contribution in [1.29, 1.82) is 0 Å². The smallest absolute Gasteiger partial charge is 0.128 e. The topological polar surface area (TPSA) is 7.76 Å². The molecule has 2 aromatic heterocycles. The highest BCUT2D eigenvalue weighted by molar-refractivity contribution is 5.89. The molecule has 7 aromatic rings. The Morgan fingerprint density at radius 2 is 1.21 bits per heavy atom. The van der Waals surface area contributed by atoms with Gasteiger partial charge in [0.25, 0.3) is 0 Å². The van der Waals surface area contributed by atoms with Gasteiger partial charge in [-0.25, -0.2) is 0 Å². The molecule has 1 unspecified atom stereocenters. The summed E-state index contributed by atoms with van der Waals surface area (Å²) < 4.78 is 5.46. The third-order valence-corrected chi connectivity index (χ3v) is 12.5. The molecule has 1 spiro atoms. The van der Waals surface area contributed by atoms with Crippen LogP contribution in [0.5, 0.6) is 0 Å². The van der Waals surface area contributed by atoms with E-state index in [1.54, 1.807) is 0 Å². The van der Waals surface area contributed by atoms with E-state index in [-0.39, 0.29) is 10.8 Å². The highest BCUT2D eigenvalue weighted by Crippen LogP contribution is 2.59. The number of para-hydroxylation sites is 1. The number of aryl methyl sites for hydroxylation is 1. The van der Waals surface area contributed by atoms with Crippen molar-refractivity contribution in [1.82, 2.24) is 0 Å². The van der Waals surface area contributed by atoms with Crippen LogP contribution < -0.4 is 9.13 Å². The Kier molecular flexibility index (Phi) is 5.42. The van der Waals surface area contributed by atoms with Crippen molar-refractivity contribution in [3.8, 4) is 33.6 Å². The third kappa shape index (κ3) is 3.10. The van der Waals surface area contributed by atoms with E-state index in [4.69, 9.17) is 0 Å². The van der Waals surface area contributed by atoms with E-state index in [1.165, 1.54) is 83.1 Å². The van der Waals surface area contributed by atoms with Gasteiger partial charge in [-0.1, -0.05) is 100.0 Å². The van der Waals surface area contributed by atoms with Crippen LogP contribution in [0.3, 0.4) is 0 Å². The molecule has 232 valence electrons. The zero-order valence-electron chi connectivity index (χ0n) is 28.4. The minimum absolute atomic E-state index is 0.0871. The first-order valence-corrected chi connectivity index (χ1v) is 17.6. The summed E-state index contributed by atoms with van der Waals surface area (Å²) >= 11 is 0. The van der Waals surface area contributed by atoms with E-state index in [1.807, 2.05) is 0 Å². The summed E-state index contributed by atoms with van der Waals surface area (Å²) in [5.41, 5.74) is 15.5. The van der Waals surface area contributed by atoms with Crippen LogP contribution in [0.4, 0.5) is 0 Å². The van der Waals surface area contributed by atoms with Gasteiger partial charge in [0.1, 0.15) is 11.0 Å². The van der Waals surface area contributed by atoms with Crippen molar-refractivity contribution in [3.05, 3.63) is 155 Å². The van der Waals surface area contributed by atoms with Gasteiger partial charge in [0.05, 0.1) is 11.1 Å². The Morgan fingerprint density at radius 3 is 2.02 bits per heavy atom. The van der Waals surface area contributed by atoms with E-state index in [0.29, 0.717) is 0 Å². The number of pyridine rings is 2. The summed E-state index contributed by atoms with van der Waals surface area (Å²) in [5.74, 6) is 0. The van der Waals surface area contributed by atoms with E-state index < -0.39 is 5.66 Å². The van der Waals surface area contributed by atoms with Crippen LogP contribution in [0.1, 0.15) is 68.4 Å². The minimum atomic E-state index is -0.553. The van der Waals surface area contributed by atoms with E-state index >= 15 is 0 Å². The van der Waals surface area contributed by atoms with Gasteiger partial charge in [0.2, 0.25) is 16.9 Å². The summed E-state index contributed by atoms with van der Waals surface area (Å²) in [5, 5.41) is 3.81. The Balaban J connectivity index is 1.47. The molecule has 0 saturated carbocycles. The lowest BCUT2D eigenvalue weighted by Gasteiger charge is -2.44. The standard InChI is InChI=1S/C46H40N2/c1-6-45(7-2)37-18-12-11-17-34(37)43-25-31-15-8-9-16-32(31)28-47(43)46(45)40-26-35-33-22-20-29(3)24-38(33)44(4,5)39(35)27-36(40)42-23-21-30-14-10-13-19-41(30)48(42)46/h8-28H,6-7H2,1-5H3/q+2. The van der Waals surface area contributed by atoms with Crippen molar-refractivity contribution in [2.24, 2.45) is 0 Å². The van der Waals surface area contributed by atoms with Crippen molar-refractivity contribution in [3.63, 3.8) is 0 Å². The van der Waals surface area contributed by atoms with Gasteiger partial charge in [-0.2, -0.15) is 0 Å². The van der Waals surface area contributed by atoms with Crippen molar-refractivity contribution < 1.29 is 9.13 Å². The maximum atomic E-state index is 2.76. The van der Waals surface area contributed by atoms with Crippen LogP contribution in [-0.2, 0) is 16.5 Å². The Bertz CT molecular complexity index is 2530. The number of nitrogens with zero attached hydrogens (tertiary/aromatic N) is 2. The lowest BCUT2D eigenvalue weighted by atomic mass is 9.60. The first-order valence-electron chi connectivity index (χ1n) is 17.6. The van der Waals surface area contributed by atoms with Crippen LogP contribution in [0.25, 0.3) is 55.3 Å². The maximum absolute atomic E-state index is 2.76. The zero-order valence-corrected chi connectivity index (χ0v) is 28.4. The molecule has 2 aliphatic heterocycles. The average Bonchev–Trinajstić information content (AvgIpc) is 3.53. The quantitative estimate of drug-likeness (QED) is 0.170. The number of benzene rings is 5. The highest BCUT2D eigenvalue weighted by atomic mass is 15.3. The fourth-order valence-electron chi connectivity index (χ4n) is 10.3. The average molecular weight is 621 g/mol. The number of rotatable bonds is 2. The normalized spacial score (nSPS) is 18.7. The van der Waals surface area contributed by atoms with Gasteiger partial charge >= 0.3 is 5.66 Å². The van der Waals surface area contributed by atoms with Gasteiger partial charge in [-0.3, -0.25) is 0 Å². The first kappa shape index (κ1) is 28.0. The second-order valence-electron chi connectivity index (χ2n) is 14.9. The first-order chi connectivity index (χ1) is 23.3. The van der Waals surface area contributed by atoms with Crippen molar-refractivity contribution in [2.45, 2.75) is 64.0 Å². The fraction of sp³-hybridized carbons (Fsp3) is 0.217. The summed E-state index contributed by atoms with van der Waals surface area (Å²) in [6.45, 7) is 11.9. The molecule has 4 heterocycles. The highest BCUT2D eigenvalue weighted by Gasteiger charge is 2.75. The molecule has 0 bridgehead atoms. The molecule has 0 N–H and O–H groups in total.